The van der Waals surface area contributed by atoms with Crippen LogP contribution in [0, 0.1) is 17.8 Å². The number of carbonyl (C=O) groups is 3. The molecule has 21 nitrogen and oxygen atoms in total. The van der Waals surface area contributed by atoms with Crippen LogP contribution in [0.3, 0.4) is 0 Å². The molecule has 0 amide bonds. The topological polar surface area (TPSA) is 225 Å². The third kappa shape index (κ3) is 13.8. The van der Waals surface area contributed by atoms with Crippen molar-refractivity contribution in [3.63, 3.8) is 0 Å². The molecule has 458 valence electrons. The summed E-state index contributed by atoms with van der Waals surface area (Å²) in [6, 6.07) is 12.1. The second kappa shape index (κ2) is 25.6. The number of aromatic nitrogens is 13. The van der Waals surface area contributed by atoms with E-state index in [1.54, 1.807) is 21.2 Å². The van der Waals surface area contributed by atoms with Gasteiger partial charge >= 0.3 is 0 Å². The number of hydrogen-bond acceptors (Lipinski definition) is 16. The summed E-state index contributed by atoms with van der Waals surface area (Å²) in [6.07, 6.45) is 23.6. The lowest BCUT2D eigenvalue weighted by Gasteiger charge is -2.22. The molecule has 0 bridgehead atoms. The van der Waals surface area contributed by atoms with Gasteiger partial charge in [0.05, 0.1) is 74.8 Å². The SMILES string of the molecule is CCc1ccc(-c2cc3nn(C)cc3c(O[C@H](C)[C@H]3CCC(=O)C3)n2)cc1OC.C[C@@H](Oc1nc(-c2cnn(C(C)(C)C)c2)cc2nn(C)cc12)[C@H]1CCC(=O)C1.C[C@@H](Oc1nc(-c2cnn(C3CCCCO3)c2)cc2nn(C)cc12)[C@H]1CCC(=O)C1. The lowest BCUT2D eigenvalue weighted by atomic mass is 10.0. The van der Waals surface area contributed by atoms with Gasteiger partial charge in [0, 0.05) is 132 Å². The summed E-state index contributed by atoms with van der Waals surface area (Å²) in [5.41, 5.74) is 8.69. The number of ether oxygens (including phenoxy) is 5. The highest BCUT2D eigenvalue weighted by molar-refractivity contribution is 5.89. The van der Waals surface area contributed by atoms with Crippen molar-refractivity contribution >= 4 is 50.1 Å². The Morgan fingerprint density at radius 1 is 0.575 bits per heavy atom. The molecule has 7 atom stereocenters. The molecule has 1 aliphatic heterocycles. The zero-order valence-electron chi connectivity index (χ0n) is 52.0. The number of nitrogens with zero attached hydrogens (tertiary/aromatic N) is 13. The number of fused-ring (bicyclic) bond motifs is 3. The molecule has 9 aromatic rings. The lowest BCUT2D eigenvalue weighted by Crippen LogP contribution is -2.22. The second-order valence-corrected chi connectivity index (χ2v) is 25.0. The summed E-state index contributed by atoms with van der Waals surface area (Å²) < 4.78 is 39.4. The van der Waals surface area contributed by atoms with Gasteiger partial charge in [0.15, 0.2) is 0 Å². The summed E-state index contributed by atoms with van der Waals surface area (Å²) in [4.78, 5) is 49.5. The molecule has 3 saturated carbocycles. The highest BCUT2D eigenvalue weighted by Gasteiger charge is 2.32. The minimum absolute atomic E-state index is 0.0123. The summed E-state index contributed by atoms with van der Waals surface area (Å²) in [5, 5.41) is 25.3. The van der Waals surface area contributed by atoms with E-state index in [0.717, 1.165) is 129 Å². The van der Waals surface area contributed by atoms with E-state index in [1.165, 1.54) is 0 Å². The van der Waals surface area contributed by atoms with Gasteiger partial charge in [-0.3, -0.25) is 33.1 Å². The van der Waals surface area contributed by atoms with Crippen LogP contribution in [0.4, 0.5) is 0 Å². The van der Waals surface area contributed by atoms with E-state index < -0.39 is 0 Å². The van der Waals surface area contributed by atoms with Gasteiger partial charge in [0.25, 0.3) is 0 Å². The minimum Gasteiger partial charge on any atom is -0.496 e. The number of methoxy groups -OCH3 is 1. The zero-order valence-corrected chi connectivity index (χ0v) is 52.0. The normalized spacial score (nSPS) is 19.9. The Labute approximate surface area is 507 Å². The molecule has 87 heavy (non-hydrogen) atoms. The number of carbonyl (C=O) groups excluding carboxylic acids is 3. The predicted octanol–water partition coefficient (Wildman–Crippen LogP) is 11.7. The Morgan fingerprint density at radius 3 is 1.41 bits per heavy atom. The van der Waals surface area contributed by atoms with Crippen LogP contribution < -0.4 is 18.9 Å². The third-order valence-corrected chi connectivity index (χ3v) is 17.4. The third-order valence-electron chi connectivity index (χ3n) is 17.4. The predicted molar refractivity (Wildman–Crippen MR) is 330 cm³/mol. The molecular formula is C66H81N13O8. The molecule has 1 saturated heterocycles. The molecule has 0 radical (unpaired) electrons. The summed E-state index contributed by atoms with van der Waals surface area (Å²) in [6.45, 7) is 15.3. The van der Waals surface area contributed by atoms with Crippen molar-refractivity contribution in [2.45, 2.75) is 162 Å². The molecule has 9 heterocycles. The highest BCUT2D eigenvalue weighted by atomic mass is 16.5. The van der Waals surface area contributed by atoms with Crippen molar-refractivity contribution in [1.82, 2.24) is 63.9 Å². The van der Waals surface area contributed by atoms with Gasteiger partial charge in [-0.1, -0.05) is 19.1 Å². The van der Waals surface area contributed by atoms with Gasteiger partial charge in [-0.2, -0.15) is 25.5 Å². The molecular weight excluding hydrogens is 1100 g/mol. The molecule has 3 aliphatic carbocycles. The van der Waals surface area contributed by atoms with E-state index in [1.807, 2.05) is 119 Å². The van der Waals surface area contributed by atoms with Crippen molar-refractivity contribution in [3.05, 3.63) is 85.3 Å². The van der Waals surface area contributed by atoms with E-state index in [4.69, 9.17) is 38.6 Å². The number of Topliss-reactive ketones (excluding diaryl/α,β-unsaturated/α-hetero) is 3. The molecule has 0 N–H and O–H groups in total. The van der Waals surface area contributed by atoms with E-state index in [0.29, 0.717) is 73.5 Å². The molecule has 21 heteroatoms. The maximum atomic E-state index is 11.7. The zero-order chi connectivity index (χ0) is 61.3. The molecule has 0 spiro atoms. The quantitative estimate of drug-likeness (QED) is 0.0930. The second-order valence-electron chi connectivity index (χ2n) is 25.0. The van der Waals surface area contributed by atoms with Crippen LogP contribution in [0.15, 0.2) is 79.8 Å². The minimum atomic E-state index is -0.101. The number of ketones is 3. The van der Waals surface area contributed by atoms with E-state index in [-0.39, 0.29) is 47.8 Å². The van der Waals surface area contributed by atoms with Gasteiger partial charge < -0.3 is 23.7 Å². The summed E-state index contributed by atoms with van der Waals surface area (Å²) in [5.74, 6) is 4.23. The first-order valence-corrected chi connectivity index (χ1v) is 30.7. The van der Waals surface area contributed by atoms with Gasteiger partial charge in [0.2, 0.25) is 17.6 Å². The fourth-order valence-electron chi connectivity index (χ4n) is 12.2. The highest BCUT2D eigenvalue weighted by Crippen LogP contribution is 2.38. The Hall–Kier alpha value is -8.33. The van der Waals surface area contributed by atoms with Crippen LogP contribution in [0.1, 0.15) is 137 Å². The first kappa shape index (κ1) is 60.4. The average molecular weight is 1180 g/mol. The van der Waals surface area contributed by atoms with Gasteiger partial charge in [-0.15, -0.1) is 0 Å². The standard InChI is InChI=1S/C23H27N3O3.C22H27N5O3.C21H27N5O2/c1-5-15-6-7-17(11-22(15)28-4)20-12-21-19(13-26(3)25-21)23(24-20)29-14(2)16-8-9-18(27)10-16;1-14(15-6-7-17(28)9-15)30-22-18-13-26(2)25-20(18)10-19(24-22)16-11-23-27(12-16)21-5-3-4-8-29-21;1-13(14-6-7-16(27)8-14)28-20-17-12-25(5)24-19(17)9-18(23-20)15-10-22-26(11-15)21(2,3)4/h6-7,11-14,16H,5,8-10H2,1-4H3;10-15,21H,3-9H2,1-2H3;9-14H,6-8H2,1-5H3/t14-,16+;14-,15+,21?;13-,14+/m111/s1. The van der Waals surface area contributed by atoms with Gasteiger partial charge in [-0.25, -0.2) is 19.6 Å². The molecule has 13 rings (SSSR count). The van der Waals surface area contributed by atoms with Crippen LogP contribution in [0.5, 0.6) is 23.4 Å². The van der Waals surface area contributed by atoms with E-state index >= 15 is 0 Å². The summed E-state index contributed by atoms with van der Waals surface area (Å²) >= 11 is 0. The van der Waals surface area contributed by atoms with Crippen LogP contribution in [0.25, 0.3) is 66.5 Å². The maximum absolute atomic E-state index is 11.7. The van der Waals surface area contributed by atoms with Crippen LogP contribution in [-0.2, 0) is 52.2 Å². The van der Waals surface area contributed by atoms with Crippen molar-refractivity contribution in [2.24, 2.45) is 38.9 Å². The first-order chi connectivity index (χ1) is 41.7. The van der Waals surface area contributed by atoms with Gasteiger partial charge in [-0.05, 0) is 116 Å². The molecule has 1 unspecified atom stereocenters. The first-order valence-electron chi connectivity index (χ1n) is 30.7. The smallest absolute Gasteiger partial charge is 0.225 e. The van der Waals surface area contributed by atoms with Crippen LogP contribution in [-0.4, -0.2) is 113 Å². The lowest BCUT2D eigenvalue weighted by molar-refractivity contribution is -0.118. The monoisotopic (exact) mass is 1180 g/mol. The Morgan fingerprint density at radius 2 is 1.02 bits per heavy atom. The van der Waals surface area contributed by atoms with Crippen LogP contribution >= 0.6 is 0 Å². The van der Waals surface area contributed by atoms with Crippen LogP contribution in [0.2, 0.25) is 0 Å². The largest absolute Gasteiger partial charge is 0.496 e. The fraction of sp³-hybridized carbons (Fsp3) is 0.500. The molecule has 8 aromatic heterocycles. The number of hydrogen-bond donors (Lipinski definition) is 0. The summed E-state index contributed by atoms with van der Waals surface area (Å²) in [7, 11) is 7.36. The van der Waals surface area contributed by atoms with Gasteiger partial charge in [0.1, 0.15) is 47.6 Å². The Bertz CT molecular complexity index is 3950. The number of rotatable bonds is 15. The Kier molecular flexibility index (Phi) is 17.7. The fourth-order valence-corrected chi connectivity index (χ4v) is 12.2. The van der Waals surface area contributed by atoms with E-state index in [9.17, 15) is 14.4 Å². The average Bonchev–Trinajstić information content (AvgIpc) is 2.10. The van der Waals surface area contributed by atoms with Crippen molar-refractivity contribution in [1.29, 1.82) is 0 Å². The molecule has 4 fully saturated rings. The number of pyridine rings is 3. The number of benzene rings is 1. The van der Waals surface area contributed by atoms with E-state index in [2.05, 4.69) is 65.3 Å². The van der Waals surface area contributed by atoms with Crippen molar-refractivity contribution in [2.75, 3.05) is 13.7 Å². The van der Waals surface area contributed by atoms with Crippen molar-refractivity contribution in [3.8, 4) is 57.2 Å². The Balaban J connectivity index is 0.000000135. The number of aryl methyl sites for hydroxylation is 4. The molecule has 1 aromatic carbocycles. The van der Waals surface area contributed by atoms with Crippen molar-refractivity contribution < 1.29 is 38.1 Å². The molecule has 4 aliphatic rings. The maximum Gasteiger partial charge on any atom is 0.225 e.